The quantitative estimate of drug-likeness (QED) is 0.338. The summed E-state index contributed by atoms with van der Waals surface area (Å²) in [6, 6.07) is 8.31. The Morgan fingerprint density at radius 1 is 1.36 bits per heavy atom. The van der Waals surface area contributed by atoms with Crippen LogP contribution in [0.15, 0.2) is 41.3 Å². The third-order valence-electron chi connectivity index (χ3n) is 8.39. The molecule has 2 saturated heterocycles. The number of anilines is 1. The lowest BCUT2D eigenvalue weighted by molar-refractivity contribution is -0.0672. The molecule has 6 atom stereocenters. The summed E-state index contributed by atoms with van der Waals surface area (Å²) >= 11 is 6.11. The molecule has 2 aromatic rings. The van der Waals surface area contributed by atoms with Crippen LogP contribution in [0, 0.1) is 0 Å². The van der Waals surface area contributed by atoms with Crippen molar-refractivity contribution in [3.8, 4) is 0 Å². The van der Waals surface area contributed by atoms with Gasteiger partial charge in [0.2, 0.25) is 0 Å². The van der Waals surface area contributed by atoms with Gasteiger partial charge in [-0.15, -0.1) is 0 Å². The monoisotopic (exact) mass is 603 g/mol. The van der Waals surface area contributed by atoms with Crippen molar-refractivity contribution in [3.05, 3.63) is 57.6 Å². The zero-order valence-electron chi connectivity index (χ0n) is 22.9. The molecule has 10 nitrogen and oxygen atoms in total. The number of hydrogen-bond donors (Lipinski definition) is 2. The number of alkyl halides is 1. The van der Waals surface area contributed by atoms with Crippen LogP contribution >= 0.6 is 19.4 Å². The normalized spacial score (nSPS) is 33.8. The third-order valence-corrected chi connectivity index (χ3v) is 16.6. The van der Waals surface area contributed by atoms with Crippen molar-refractivity contribution >= 4 is 33.3 Å². The zero-order chi connectivity index (χ0) is 29.0. The van der Waals surface area contributed by atoms with Gasteiger partial charge < -0.3 is 15.6 Å². The van der Waals surface area contributed by atoms with Crippen molar-refractivity contribution in [1.29, 1.82) is 0 Å². The van der Waals surface area contributed by atoms with Crippen molar-refractivity contribution < 1.29 is 32.4 Å². The van der Waals surface area contributed by atoms with Crippen LogP contribution in [0.1, 0.15) is 52.0 Å². The second-order valence-electron chi connectivity index (χ2n) is 11.8. The van der Waals surface area contributed by atoms with Gasteiger partial charge in [0.15, 0.2) is 11.9 Å². The van der Waals surface area contributed by atoms with Crippen molar-refractivity contribution in [3.63, 3.8) is 0 Å². The second kappa shape index (κ2) is 10.3. The van der Waals surface area contributed by atoms with Gasteiger partial charge in [-0.3, -0.25) is 18.1 Å². The first-order valence-corrected chi connectivity index (χ1v) is 17.5. The molecule has 0 radical (unpaired) electrons. The number of halogens is 2. The maximum Gasteiger partial charge on any atom is 0.475 e. The fraction of sp³-hybridized carbons (Fsp3) is 0.600. The largest absolute Gasteiger partial charge is 0.475 e. The van der Waals surface area contributed by atoms with E-state index in [1.807, 2.05) is 33.9 Å². The van der Waals surface area contributed by atoms with Crippen LogP contribution in [0.5, 0.6) is 0 Å². The average molecular weight is 604 g/mol. The number of phosphoric acid groups is 1. The first kappa shape index (κ1) is 30.3. The lowest BCUT2D eigenvalue weighted by Gasteiger charge is -2.52. The first-order chi connectivity index (χ1) is 17.9. The topological polar surface area (TPSA) is 135 Å². The third kappa shape index (κ3) is 5.26. The van der Waals surface area contributed by atoms with Crippen LogP contribution in [0.25, 0.3) is 0 Å². The highest BCUT2D eigenvalue weighted by molar-refractivity contribution is 7.48. The molecule has 14 heteroatoms. The van der Waals surface area contributed by atoms with Crippen LogP contribution in [-0.4, -0.2) is 52.9 Å². The fourth-order valence-corrected chi connectivity index (χ4v) is 10.3. The summed E-state index contributed by atoms with van der Waals surface area (Å²) in [5.41, 5.74) is 3.02. The van der Waals surface area contributed by atoms with Crippen molar-refractivity contribution in [2.45, 2.75) is 81.6 Å². The Hall–Kier alpha value is -1.63. The zero-order valence-corrected chi connectivity index (χ0v) is 25.5. The molecule has 1 aromatic carbocycles. The molecule has 2 fully saturated rings. The van der Waals surface area contributed by atoms with E-state index in [2.05, 4.69) is 4.98 Å². The molecule has 216 valence electrons. The smallest absolute Gasteiger partial charge is 0.387 e. The maximum atomic E-state index is 17.0. The number of aliphatic hydroxyl groups is 1. The van der Waals surface area contributed by atoms with Crippen molar-refractivity contribution in [2.24, 2.45) is 0 Å². The number of benzene rings is 1. The molecular weight excluding hydrogens is 568 g/mol. The number of aromatic nitrogens is 2. The van der Waals surface area contributed by atoms with Gasteiger partial charge >= 0.3 is 13.5 Å². The Morgan fingerprint density at radius 3 is 2.67 bits per heavy atom. The van der Waals surface area contributed by atoms with Crippen LogP contribution in [0.2, 0.25) is 23.2 Å². The van der Waals surface area contributed by atoms with E-state index in [0.29, 0.717) is 17.0 Å². The summed E-state index contributed by atoms with van der Waals surface area (Å²) in [6.07, 6.45) is -1.80. The van der Waals surface area contributed by atoms with Gasteiger partial charge in [-0.2, -0.15) is 4.98 Å². The number of ether oxygens (including phenoxy) is 1. The predicted molar refractivity (Wildman–Crippen MR) is 148 cm³/mol. The molecule has 0 bridgehead atoms. The number of nitrogens with two attached hydrogens (primary N) is 1. The van der Waals surface area contributed by atoms with E-state index in [-0.39, 0.29) is 12.4 Å². The molecule has 0 aliphatic carbocycles. The van der Waals surface area contributed by atoms with Crippen molar-refractivity contribution in [2.75, 3.05) is 18.9 Å². The van der Waals surface area contributed by atoms with Gasteiger partial charge in [0.1, 0.15) is 17.1 Å². The summed E-state index contributed by atoms with van der Waals surface area (Å²) in [7, 11) is -7.19. The number of nitrogens with zero attached hydrogens (tertiary/aromatic N) is 2. The first-order valence-electron chi connectivity index (χ1n) is 12.7. The lowest BCUT2D eigenvalue weighted by atomic mass is 9.97. The van der Waals surface area contributed by atoms with E-state index in [1.54, 1.807) is 24.3 Å². The molecule has 3 N–H and O–H groups in total. The molecule has 0 spiro atoms. The molecule has 3 heterocycles. The number of rotatable bonds is 6. The summed E-state index contributed by atoms with van der Waals surface area (Å²) in [4.78, 5) is 16.3. The summed E-state index contributed by atoms with van der Waals surface area (Å²) < 4.78 is 54.4. The Morgan fingerprint density at radius 2 is 2.05 bits per heavy atom. The van der Waals surface area contributed by atoms with E-state index in [0.717, 1.165) is 4.57 Å². The molecule has 2 aliphatic heterocycles. The Balaban J connectivity index is 1.67. The van der Waals surface area contributed by atoms with Crippen LogP contribution in [-0.2, 0) is 22.9 Å². The van der Waals surface area contributed by atoms with E-state index < -0.39 is 62.6 Å². The molecule has 0 amide bonds. The van der Waals surface area contributed by atoms with E-state index in [1.165, 1.54) is 19.2 Å². The molecule has 39 heavy (non-hydrogen) atoms. The summed E-state index contributed by atoms with van der Waals surface area (Å²) in [5.74, 6) is -0.0340. The van der Waals surface area contributed by atoms with Gasteiger partial charge in [-0.25, -0.2) is 13.8 Å². The van der Waals surface area contributed by atoms with Crippen LogP contribution < -0.4 is 11.4 Å². The maximum absolute atomic E-state index is 17.0. The van der Waals surface area contributed by atoms with Crippen LogP contribution in [0.3, 0.4) is 0 Å². The Bertz CT molecular complexity index is 1340. The highest BCUT2D eigenvalue weighted by atomic mass is 35.5. The van der Waals surface area contributed by atoms with Gasteiger partial charge in [0, 0.05) is 17.6 Å². The molecule has 4 rings (SSSR count). The predicted octanol–water partition coefficient (Wildman–Crippen LogP) is 5.19. The van der Waals surface area contributed by atoms with Gasteiger partial charge in [0.25, 0.3) is 0 Å². The van der Waals surface area contributed by atoms with Gasteiger partial charge in [-0.1, -0.05) is 57.6 Å². The minimum absolute atomic E-state index is 0.0340. The van der Waals surface area contributed by atoms with Gasteiger partial charge in [0.05, 0.1) is 27.4 Å². The second-order valence-corrected chi connectivity index (χ2v) is 19.3. The minimum atomic E-state index is -4.14. The number of hydrogen-bond acceptors (Lipinski definition) is 9. The lowest BCUT2D eigenvalue weighted by Crippen LogP contribution is -2.72. The standard InChI is InChI=1S/C25H36ClFN3O7PSi/c1-23(2,3)39(5,6)25(32)19(36-21(24(25,4)27)30-12-10-20(28)29-22(30)31)15-35-38(33)34-13-11-18(37-38)16-8-7-9-17(26)14-16/h7-10,12,14,18-19,21,32H,11,13,15H2,1-6H3,(H2,28,29,31)/t18-,19+,21+,24?,25-,38+/m0/s1. The van der Waals surface area contributed by atoms with E-state index in [9.17, 15) is 14.5 Å². The number of phosphoric ester groups is 1. The van der Waals surface area contributed by atoms with E-state index >= 15 is 4.39 Å². The van der Waals surface area contributed by atoms with Crippen molar-refractivity contribution in [1.82, 2.24) is 9.55 Å². The average Bonchev–Trinajstić information content (AvgIpc) is 3.03. The highest BCUT2D eigenvalue weighted by Crippen LogP contribution is 2.61. The van der Waals surface area contributed by atoms with Crippen LogP contribution in [0.4, 0.5) is 10.2 Å². The fourth-order valence-electron chi connectivity index (χ4n) is 5.23. The molecule has 1 aromatic heterocycles. The SMILES string of the molecule is CC1(F)[C@H](n2ccc(N)nc2=O)O[C@H](CO[P@@]2(=O)OCC[C@@H](c3cccc(Cl)c3)O2)[C@]1(O)[Si](C)(C)C(C)(C)C. The summed E-state index contributed by atoms with van der Waals surface area (Å²) in [6.45, 7) is 10.2. The van der Waals surface area contributed by atoms with E-state index in [4.69, 9.17) is 35.6 Å². The summed E-state index contributed by atoms with van der Waals surface area (Å²) in [5, 5.41) is 10.2. The minimum Gasteiger partial charge on any atom is -0.387 e. The molecule has 0 saturated carbocycles. The highest BCUT2D eigenvalue weighted by Gasteiger charge is 2.74. The molecule has 1 unspecified atom stereocenters. The molecular formula is C25H36ClFN3O7PSi. The number of nitrogen functional groups attached to an aromatic ring is 1. The Labute approximate surface area is 233 Å². The Kier molecular flexibility index (Phi) is 8.03. The van der Waals surface area contributed by atoms with Gasteiger partial charge in [-0.05, 0) is 35.7 Å². The molecule has 2 aliphatic rings.